The summed E-state index contributed by atoms with van der Waals surface area (Å²) in [5.41, 5.74) is 2.32. The van der Waals surface area contributed by atoms with Crippen molar-refractivity contribution in [3.8, 4) is 5.88 Å². The van der Waals surface area contributed by atoms with Gasteiger partial charge < -0.3 is 9.47 Å². The molecule has 3 heteroatoms. The number of hydrogen-bond acceptors (Lipinski definition) is 3. The minimum Gasteiger partial charge on any atom is -0.475 e. The summed E-state index contributed by atoms with van der Waals surface area (Å²) < 4.78 is 10.5. The van der Waals surface area contributed by atoms with Gasteiger partial charge in [0.15, 0.2) is 0 Å². The Balaban J connectivity index is 2.77. The summed E-state index contributed by atoms with van der Waals surface area (Å²) in [4.78, 5) is 4.29. The zero-order chi connectivity index (χ0) is 11.3. The third kappa shape index (κ3) is 3.51. The van der Waals surface area contributed by atoms with Gasteiger partial charge in [0.05, 0.1) is 6.61 Å². The van der Waals surface area contributed by atoms with E-state index < -0.39 is 0 Å². The first kappa shape index (κ1) is 12.0. The molecule has 84 valence electrons. The van der Waals surface area contributed by atoms with Crippen molar-refractivity contribution in [3.63, 3.8) is 0 Å². The van der Waals surface area contributed by atoms with Gasteiger partial charge in [-0.1, -0.05) is 13.8 Å². The summed E-state index contributed by atoms with van der Waals surface area (Å²) in [6.07, 6.45) is 1.83. The number of ether oxygens (including phenoxy) is 2. The van der Waals surface area contributed by atoms with Crippen LogP contribution in [0.25, 0.3) is 0 Å². The molecule has 1 heterocycles. The number of hydrogen-bond donors (Lipinski definition) is 0. The smallest absolute Gasteiger partial charge is 0.216 e. The molecule has 0 bridgehead atoms. The molecule has 0 amide bonds. The van der Waals surface area contributed by atoms with Gasteiger partial charge in [0, 0.05) is 18.9 Å². The SMILES string of the molecule is COCCOc1ncc(C)cc1C(C)C. The molecule has 1 aromatic rings. The van der Waals surface area contributed by atoms with Crippen LogP contribution in [0.4, 0.5) is 0 Å². The number of nitrogens with zero attached hydrogens (tertiary/aromatic N) is 1. The quantitative estimate of drug-likeness (QED) is 0.698. The zero-order valence-corrected chi connectivity index (χ0v) is 9.91. The van der Waals surface area contributed by atoms with E-state index in [9.17, 15) is 0 Å². The molecule has 0 saturated carbocycles. The van der Waals surface area contributed by atoms with Crippen molar-refractivity contribution in [1.82, 2.24) is 4.98 Å². The second-order valence-corrected chi connectivity index (χ2v) is 3.90. The van der Waals surface area contributed by atoms with Crippen molar-refractivity contribution in [3.05, 3.63) is 23.4 Å². The average Bonchev–Trinajstić information content (AvgIpc) is 2.20. The minimum atomic E-state index is 0.426. The lowest BCUT2D eigenvalue weighted by atomic mass is 10.0. The Morgan fingerprint density at radius 1 is 1.33 bits per heavy atom. The molecular weight excluding hydrogens is 190 g/mol. The highest BCUT2D eigenvalue weighted by atomic mass is 16.5. The molecule has 0 N–H and O–H groups in total. The normalized spacial score (nSPS) is 10.7. The van der Waals surface area contributed by atoms with Gasteiger partial charge >= 0.3 is 0 Å². The Morgan fingerprint density at radius 2 is 2.07 bits per heavy atom. The summed E-state index contributed by atoms with van der Waals surface area (Å²) in [5.74, 6) is 1.16. The molecule has 0 aliphatic heterocycles. The van der Waals surface area contributed by atoms with Gasteiger partial charge in [-0.3, -0.25) is 0 Å². The van der Waals surface area contributed by atoms with Crippen molar-refractivity contribution in [2.45, 2.75) is 26.7 Å². The molecule has 0 aromatic carbocycles. The van der Waals surface area contributed by atoms with Gasteiger partial charge in [-0.25, -0.2) is 4.98 Å². The summed E-state index contributed by atoms with van der Waals surface area (Å²) in [6.45, 7) is 7.45. The maximum Gasteiger partial charge on any atom is 0.216 e. The fourth-order valence-corrected chi connectivity index (χ4v) is 1.34. The third-order valence-corrected chi connectivity index (χ3v) is 2.16. The van der Waals surface area contributed by atoms with E-state index >= 15 is 0 Å². The highest BCUT2D eigenvalue weighted by Gasteiger charge is 2.09. The molecule has 0 aliphatic rings. The maximum atomic E-state index is 5.56. The summed E-state index contributed by atoms with van der Waals surface area (Å²) >= 11 is 0. The Morgan fingerprint density at radius 3 is 2.67 bits per heavy atom. The van der Waals surface area contributed by atoms with E-state index in [1.165, 1.54) is 0 Å². The topological polar surface area (TPSA) is 31.4 Å². The lowest BCUT2D eigenvalue weighted by Gasteiger charge is -2.13. The predicted molar refractivity (Wildman–Crippen MR) is 60.4 cm³/mol. The van der Waals surface area contributed by atoms with Gasteiger partial charge in [0.2, 0.25) is 5.88 Å². The number of aryl methyl sites for hydroxylation is 1. The highest BCUT2D eigenvalue weighted by molar-refractivity contribution is 5.31. The average molecular weight is 209 g/mol. The van der Waals surface area contributed by atoms with E-state index in [0.717, 1.165) is 17.0 Å². The van der Waals surface area contributed by atoms with Crippen LogP contribution in [0.2, 0.25) is 0 Å². The molecule has 1 rings (SSSR count). The molecular formula is C12H19NO2. The van der Waals surface area contributed by atoms with Gasteiger partial charge in [0.25, 0.3) is 0 Å². The Kier molecular flexibility index (Phi) is 4.56. The van der Waals surface area contributed by atoms with E-state index in [-0.39, 0.29) is 0 Å². The largest absolute Gasteiger partial charge is 0.475 e. The van der Waals surface area contributed by atoms with Crippen LogP contribution < -0.4 is 4.74 Å². The van der Waals surface area contributed by atoms with Gasteiger partial charge in [-0.05, 0) is 24.5 Å². The van der Waals surface area contributed by atoms with Crippen LogP contribution in [0, 0.1) is 6.92 Å². The Labute approximate surface area is 91.4 Å². The molecule has 0 radical (unpaired) electrons. The second kappa shape index (κ2) is 5.71. The summed E-state index contributed by atoms with van der Waals surface area (Å²) in [7, 11) is 1.66. The van der Waals surface area contributed by atoms with E-state index in [0.29, 0.717) is 19.1 Å². The number of methoxy groups -OCH3 is 1. The molecule has 0 atom stereocenters. The molecule has 0 aliphatic carbocycles. The molecule has 0 spiro atoms. The van der Waals surface area contributed by atoms with Crippen LogP contribution in [0.15, 0.2) is 12.3 Å². The van der Waals surface area contributed by atoms with Crippen LogP contribution in [0.1, 0.15) is 30.9 Å². The number of rotatable bonds is 5. The third-order valence-electron chi connectivity index (χ3n) is 2.16. The first-order valence-electron chi connectivity index (χ1n) is 5.23. The van der Waals surface area contributed by atoms with Crippen molar-refractivity contribution < 1.29 is 9.47 Å². The number of aromatic nitrogens is 1. The highest BCUT2D eigenvalue weighted by Crippen LogP contribution is 2.24. The van der Waals surface area contributed by atoms with Crippen molar-refractivity contribution in [1.29, 1.82) is 0 Å². The fraction of sp³-hybridized carbons (Fsp3) is 0.583. The molecule has 1 aromatic heterocycles. The van der Waals surface area contributed by atoms with Crippen LogP contribution in [0.3, 0.4) is 0 Å². The van der Waals surface area contributed by atoms with E-state index in [2.05, 4.69) is 24.9 Å². The molecule has 0 unspecified atom stereocenters. The predicted octanol–water partition coefficient (Wildman–Crippen LogP) is 2.54. The minimum absolute atomic E-state index is 0.426. The Hall–Kier alpha value is -1.09. The molecule has 15 heavy (non-hydrogen) atoms. The molecule has 3 nitrogen and oxygen atoms in total. The second-order valence-electron chi connectivity index (χ2n) is 3.90. The summed E-state index contributed by atoms with van der Waals surface area (Å²) in [6, 6.07) is 2.12. The molecule has 0 fully saturated rings. The lowest BCUT2D eigenvalue weighted by molar-refractivity contribution is 0.143. The first-order valence-corrected chi connectivity index (χ1v) is 5.23. The van der Waals surface area contributed by atoms with Crippen molar-refractivity contribution in [2.75, 3.05) is 20.3 Å². The zero-order valence-electron chi connectivity index (χ0n) is 9.91. The monoisotopic (exact) mass is 209 g/mol. The van der Waals surface area contributed by atoms with Crippen molar-refractivity contribution in [2.24, 2.45) is 0 Å². The van der Waals surface area contributed by atoms with E-state index in [1.54, 1.807) is 7.11 Å². The van der Waals surface area contributed by atoms with Gasteiger partial charge in [-0.15, -0.1) is 0 Å². The number of pyridine rings is 1. The lowest BCUT2D eigenvalue weighted by Crippen LogP contribution is -2.08. The maximum absolute atomic E-state index is 5.56. The van der Waals surface area contributed by atoms with Gasteiger partial charge in [-0.2, -0.15) is 0 Å². The van der Waals surface area contributed by atoms with E-state index in [1.807, 2.05) is 13.1 Å². The molecule has 0 saturated heterocycles. The van der Waals surface area contributed by atoms with E-state index in [4.69, 9.17) is 9.47 Å². The van der Waals surface area contributed by atoms with Crippen LogP contribution in [0.5, 0.6) is 5.88 Å². The first-order chi connectivity index (χ1) is 7.15. The van der Waals surface area contributed by atoms with Crippen molar-refractivity contribution >= 4 is 0 Å². The Bertz CT molecular complexity index is 310. The fourth-order valence-electron chi connectivity index (χ4n) is 1.34. The van der Waals surface area contributed by atoms with Gasteiger partial charge in [0.1, 0.15) is 6.61 Å². The van der Waals surface area contributed by atoms with Crippen LogP contribution >= 0.6 is 0 Å². The van der Waals surface area contributed by atoms with Crippen LogP contribution in [-0.2, 0) is 4.74 Å². The standard InChI is InChI=1S/C12H19NO2/c1-9(2)11-7-10(3)8-13-12(11)15-6-5-14-4/h7-9H,5-6H2,1-4H3. The summed E-state index contributed by atoms with van der Waals surface area (Å²) in [5, 5.41) is 0. The van der Waals surface area contributed by atoms with Crippen LogP contribution in [-0.4, -0.2) is 25.3 Å².